The van der Waals surface area contributed by atoms with Crippen molar-refractivity contribution in [2.24, 2.45) is 5.73 Å². The van der Waals surface area contributed by atoms with Gasteiger partial charge in [-0.15, -0.1) is 0 Å². The van der Waals surface area contributed by atoms with Crippen LogP contribution in [0.4, 0.5) is 0 Å². The summed E-state index contributed by atoms with van der Waals surface area (Å²) < 4.78 is 26.1. The summed E-state index contributed by atoms with van der Waals surface area (Å²) in [5.74, 6) is -0.117. The van der Waals surface area contributed by atoms with Crippen LogP contribution in [0.3, 0.4) is 0 Å². The van der Waals surface area contributed by atoms with Crippen molar-refractivity contribution >= 4 is 25.8 Å². The highest BCUT2D eigenvalue weighted by Crippen LogP contribution is 2.47. The molecular formula is C15H14BrNO2S. The predicted molar refractivity (Wildman–Crippen MR) is 82.3 cm³/mol. The molecule has 0 spiro atoms. The van der Waals surface area contributed by atoms with Crippen molar-refractivity contribution in [3.05, 3.63) is 64.6 Å². The summed E-state index contributed by atoms with van der Waals surface area (Å²) in [5.41, 5.74) is 6.99. The third kappa shape index (κ3) is 2.30. The molecule has 2 N–H and O–H groups in total. The summed E-state index contributed by atoms with van der Waals surface area (Å²) in [6.07, 6.45) is 0. The quantitative estimate of drug-likeness (QED) is 0.924. The Bertz CT molecular complexity index is 713. The highest BCUT2D eigenvalue weighted by Gasteiger charge is 2.56. The molecule has 0 bridgehead atoms. The average molecular weight is 352 g/mol. The number of sulfone groups is 1. The van der Waals surface area contributed by atoms with Gasteiger partial charge in [0.15, 0.2) is 9.84 Å². The summed E-state index contributed by atoms with van der Waals surface area (Å²) in [6, 6.07) is 15.9. The molecule has 3 rings (SSSR count). The number of rotatable bonds is 3. The van der Waals surface area contributed by atoms with Gasteiger partial charge in [-0.05, 0) is 29.8 Å². The van der Waals surface area contributed by atoms with Gasteiger partial charge in [0, 0.05) is 16.4 Å². The zero-order chi connectivity index (χ0) is 14.3. The van der Waals surface area contributed by atoms with Gasteiger partial charge in [-0.1, -0.05) is 46.3 Å². The van der Waals surface area contributed by atoms with E-state index in [-0.39, 0.29) is 12.0 Å². The second-order valence-corrected chi connectivity index (χ2v) is 8.00. The minimum Gasteiger partial charge on any atom is -0.326 e. The lowest BCUT2D eigenvalue weighted by Crippen LogP contribution is -2.15. The maximum absolute atomic E-state index is 12.6. The molecular weight excluding hydrogens is 338 g/mol. The standard InChI is InChI=1S/C15H14BrNO2S/c16-11-8-6-10(7-9-11)13-14(17)15(13)20(18,19)12-4-2-1-3-5-12/h1-9,13-15H,17H2/t13-,14-,15-/m1/s1. The van der Waals surface area contributed by atoms with Crippen molar-refractivity contribution in [1.82, 2.24) is 0 Å². The van der Waals surface area contributed by atoms with Gasteiger partial charge in [0.2, 0.25) is 0 Å². The third-order valence-corrected chi connectivity index (χ3v) is 6.47. The molecule has 1 fully saturated rings. The van der Waals surface area contributed by atoms with Crippen LogP contribution in [0.15, 0.2) is 64.0 Å². The molecule has 3 nitrogen and oxygen atoms in total. The van der Waals surface area contributed by atoms with E-state index < -0.39 is 15.1 Å². The van der Waals surface area contributed by atoms with Crippen molar-refractivity contribution in [1.29, 1.82) is 0 Å². The van der Waals surface area contributed by atoms with Crippen LogP contribution < -0.4 is 5.73 Å². The minimum absolute atomic E-state index is 0.117. The van der Waals surface area contributed by atoms with Crippen LogP contribution in [-0.2, 0) is 9.84 Å². The first kappa shape index (κ1) is 13.8. The first-order valence-corrected chi connectivity index (χ1v) is 8.66. The van der Waals surface area contributed by atoms with E-state index in [9.17, 15) is 8.42 Å². The van der Waals surface area contributed by atoms with Crippen molar-refractivity contribution in [2.75, 3.05) is 0 Å². The Labute approximate surface area is 126 Å². The lowest BCUT2D eigenvalue weighted by atomic mass is 10.1. The highest BCUT2D eigenvalue weighted by atomic mass is 79.9. The fraction of sp³-hybridized carbons (Fsp3) is 0.200. The fourth-order valence-corrected chi connectivity index (χ4v) is 4.90. The number of hydrogen-bond acceptors (Lipinski definition) is 3. The Morgan fingerprint density at radius 3 is 2.15 bits per heavy atom. The molecule has 0 heterocycles. The molecule has 0 aromatic heterocycles. The summed E-state index contributed by atoms with van der Waals surface area (Å²) in [5, 5.41) is -0.522. The first-order chi connectivity index (χ1) is 9.51. The van der Waals surface area contributed by atoms with Crippen LogP contribution in [-0.4, -0.2) is 19.7 Å². The van der Waals surface area contributed by atoms with Crippen molar-refractivity contribution in [3.8, 4) is 0 Å². The van der Waals surface area contributed by atoms with Crippen LogP contribution in [0.5, 0.6) is 0 Å². The SMILES string of the molecule is N[C@@H]1[C@@H](c2ccc(Br)cc2)[C@H]1S(=O)(=O)c1ccccc1. The third-order valence-electron chi connectivity index (χ3n) is 3.69. The van der Waals surface area contributed by atoms with E-state index in [1.165, 1.54) is 0 Å². The number of hydrogen-bond donors (Lipinski definition) is 1. The molecule has 0 unspecified atom stereocenters. The Kier molecular flexibility index (Phi) is 3.44. The minimum atomic E-state index is -3.36. The molecule has 20 heavy (non-hydrogen) atoms. The van der Waals surface area contributed by atoms with Crippen LogP contribution >= 0.6 is 15.9 Å². The average Bonchev–Trinajstić information content (AvgIpc) is 3.13. The fourth-order valence-electron chi connectivity index (χ4n) is 2.57. The van der Waals surface area contributed by atoms with Crippen LogP contribution in [0.1, 0.15) is 11.5 Å². The first-order valence-electron chi connectivity index (χ1n) is 6.32. The molecule has 0 amide bonds. The Morgan fingerprint density at radius 2 is 1.55 bits per heavy atom. The van der Waals surface area contributed by atoms with Crippen LogP contribution in [0, 0.1) is 0 Å². The van der Waals surface area contributed by atoms with Gasteiger partial charge in [-0.3, -0.25) is 0 Å². The van der Waals surface area contributed by atoms with Gasteiger partial charge in [-0.2, -0.15) is 0 Å². The second kappa shape index (κ2) is 4.98. The summed E-state index contributed by atoms with van der Waals surface area (Å²) in [6.45, 7) is 0. The smallest absolute Gasteiger partial charge is 0.183 e. The van der Waals surface area contributed by atoms with E-state index in [0.29, 0.717) is 4.90 Å². The second-order valence-electron chi connectivity index (χ2n) is 4.98. The zero-order valence-electron chi connectivity index (χ0n) is 10.6. The zero-order valence-corrected chi connectivity index (χ0v) is 13.0. The monoisotopic (exact) mass is 351 g/mol. The molecule has 5 heteroatoms. The Hall–Kier alpha value is -1.17. The van der Waals surface area contributed by atoms with E-state index >= 15 is 0 Å². The van der Waals surface area contributed by atoms with E-state index in [1.54, 1.807) is 30.3 Å². The summed E-state index contributed by atoms with van der Waals surface area (Å²) >= 11 is 3.37. The van der Waals surface area contributed by atoms with Gasteiger partial charge in [0.1, 0.15) is 0 Å². The molecule has 0 saturated heterocycles. The van der Waals surface area contributed by atoms with Crippen molar-refractivity contribution in [2.45, 2.75) is 22.1 Å². The van der Waals surface area contributed by atoms with E-state index in [0.717, 1.165) is 10.0 Å². The molecule has 0 aliphatic heterocycles. The van der Waals surface area contributed by atoms with E-state index in [4.69, 9.17) is 5.73 Å². The Morgan fingerprint density at radius 1 is 0.950 bits per heavy atom. The van der Waals surface area contributed by atoms with Crippen LogP contribution in [0.25, 0.3) is 0 Å². The van der Waals surface area contributed by atoms with Crippen molar-refractivity contribution in [3.63, 3.8) is 0 Å². The number of benzene rings is 2. The van der Waals surface area contributed by atoms with Gasteiger partial charge in [0.25, 0.3) is 0 Å². The molecule has 1 saturated carbocycles. The molecule has 104 valence electrons. The maximum atomic E-state index is 12.6. The maximum Gasteiger partial charge on any atom is 0.183 e. The van der Waals surface area contributed by atoms with Crippen LogP contribution in [0.2, 0.25) is 0 Å². The molecule has 1 aliphatic rings. The van der Waals surface area contributed by atoms with E-state index in [1.807, 2.05) is 24.3 Å². The predicted octanol–water partition coefficient (Wildman–Crippen LogP) is 2.72. The normalized spacial score (nSPS) is 25.4. The lowest BCUT2D eigenvalue weighted by Gasteiger charge is -2.04. The summed E-state index contributed by atoms with van der Waals surface area (Å²) in [4.78, 5) is 0.347. The summed E-state index contributed by atoms with van der Waals surface area (Å²) in [7, 11) is -3.36. The molecule has 0 radical (unpaired) electrons. The topological polar surface area (TPSA) is 60.2 Å². The van der Waals surface area contributed by atoms with Crippen molar-refractivity contribution < 1.29 is 8.42 Å². The molecule has 3 atom stereocenters. The lowest BCUT2D eigenvalue weighted by molar-refractivity contribution is 0.593. The molecule has 1 aliphatic carbocycles. The highest BCUT2D eigenvalue weighted by molar-refractivity contribution is 9.10. The largest absolute Gasteiger partial charge is 0.326 e. The molecule has 2 aromatic carbocycles. The van der Waals surface area contributed by atoms with Gasteiger partial charge in [-0.25, -0.2) is 8.42 Å². The Balaban J connectivity index is 1.91. The number of halogens is 1. The van der Waals surface area contributed by atoms with E-state index in [2.05, 4.69) is 15.9 Å². The van der Waals surface area contributed by atoms with Gasteiger partial charge >= 0.3 is 0 Å². The van der Waals surface area contributed by atoms with Gasteiger partial charge < -0.3 is 5.73 Å². The van der Waals surface area contributed by atoms with Gasteiger partial charge in [0.05, 0.1) is 10.1 Å². The molecule has 2 aromatic rings. The number of nitrogens with two attached hydrogens (primary N) is 1.